The van der Waals surface area contributed by atoms with Crippen LogP contribution in [-0.2, 0) is 26.3 Å². The Morgan fingerprint density at radius 2 is 1.79 bits per heavy atom. The third-order valence-electron chi connectivity index (χ3n) is 6.10. The molecule has 0 bridgehead atoms. The molecule has 0 unspecified atom stereocenters. The summed E-state index contributed by atoms with van der Waals surface area (Å²) in [6, 6.07) is 10.8. The SMILES string of the molecule is CC[C@@H](C)N(Cc1ccc(OC)c(OS(=O)(=O)c2ccc(NC(C)=O)cc2)c1)C(=O)C1CCC1. The van der Waals surface area contributed by atoms with Crippen LogP contribution in [0.1, 0.15) is 52.0 Å². The van der Waals surface area contributed by atoms with Gasteiger partial charge in [-0.25, -0.2) is 0 Å². The molecule has 0 spiro atoms. The molecule has 0 aliphatic heterocycles. The van der Waals surface area contributed by atoms with Gasteiger partial charge >= 0.3 is 10.1 Å². The smallest absolute Gasteiger partial charge is 0.339 e. The lowest BCUT2D eigenvalue weighted by molar-refractivity contribution is -0.141. The van der Waals surface area contributed by atoms with Crippen molar-refractivity contribution in [1.29, 1.82) is 0 Å². The molecule has 8 nitrogen and oxygen atoms in total. The van der Waals surface area contributed by atoms with E-state index in [4.69, 9.17) is 8.92 Å². The van der Waals surface area contributed by atoms with E-state index >= 15 is 0 Å². The first-order chi connectivity index (χ1) is 16.1. The van der Waals surface area contributed by atoms with Gasteiger partial charge < -0.3 is 19.1 Å². The molecular weight excluding hydrogens is 456 g/mol. The Kier molecular flexibility index (Phi) is 8.19. The number of ether oxygens (including phenoxy) is 1. The zero-order chi connectivity index (χ0) is 24.9. The average molecular weight is 489 g/mol. The van der Waals surface area contributed by atoms with Gasteiger partial charge in [-0.2, -0.15) is 8.42 Å². The minimum absolute atomic E-state index is 0.0473. The van der Waals surface area contributed by atoms with Crippen molar-refractivity contribution in [3.05, 3.63) is 48.0 Å². The summed E-state index contributed by atoms with van der Waals surface area (Å²) in [6.07, 6.45) is 3.74. The summed E-state index contributed by atoms with van der Waals surface area (Å²) in [5.41, 5.74) is 1.23. The minimum atomic E-state index is -4.16. The molecule has 0 heterocycles. The monoisotopic (exact) mass is 488 g/mol. The molecule has 0 radical (unpaired) electrons. The number of anilines is 1. The highest BCUT2D eigenvalue weighted by Crippen LogP contribution is 2.33. The molecule has 34 heavy (non-hydrogen) atoms. The third-order valence-corrected chi connectivity index (χ3v) is 7.35. The molecule has 2 aromatic carbocycles. The molecule has 1 atom stereocenters. The van der Waals surface area contributed by atoms with Crippen LogP contribution in [0.3, 0.4) is 0 Å². The summed E-state index contributed by atoms with van der Waals surface area (Å²) >= 11 is 0. The first-order valence-corrected chi connectivity index (χ1v) is 12.8. The van der Waals surface area contributed by atoms with Gasteiger partial charge in [-0.1, -0.05) is 19.4 Å². The highest BCUT2D eigenvalue weighted by Gasteiger charge is 2.31. The molecule has 9 heteroatoms. The highest BCUT2D eigenvalue weighted by atomic mass is 32.2. The first-order valence-electron chi connectivity index (χ1n) is 11.4. The Morgan fingerprint density at radius 1 is 1.12 bits per heavy atom. The van der Waals surface area contributed by atoms with Crippen molar-refractivity contribution in [2.24, 2.45) is 5.92 Å². The van der Waals surface area contributed by atoms with Gasteiger partial charge in [0.15, 0.2) is 11.5 Å². The molecule has 184 valence electrons. The molecule has 3 rings (SSSR count). The Balaban J connectivity index is 1.84. The number of hydrogen-bond donors (Lipinski definition) is 1. The van der Waals surface area contributed by atoms with Crippen LogP contribution in [0.5, 0.6) is 11.5 Å². The molecule has 1 fully saturated rings. The number of hydrogen-bond acceptors (Lipinski definition) is 6. The van der Waals surface area contributed by atoms with Gasteiger partial charge in [-0.3, -0.25) is 9.59 Å². The van der Waals surface area contributed by atoms with E-state index in [1.165, 1.54) is 38.3 Å². The van der Waals surface area contributed by atoms with Gasteiger partial charge in [0, 0.05) is 31.1 Å². The first kappa shape index (κ1) is 25.6. The number of rotatable bonds is 10. The van der Waals surface area contributed by atoms with Gasteiger partial charge in [-0.15, -0.1) is 0 Å². The van der Waals surface area contributed by atoms with Crippen molar-refractivity contribution in [1.82, 2.24) is 4.90 Å². The van der Waals surface area contributed by atoms with E-state index < -0.39 is 10.1 Å². The molecule has 1 saturated carbocycles. The van der Waals surface area contributed by atoms with Crippen LogP contribution < -0.4 is 14.2 Å². The number of nitrogens with one attached hydrogen (secondary N) is 1. The quantitative estimate of drug-likeness (QED) is 0.499. The van der Waals surface area contributed by atoms with Crippen molar-refractivity contribution in [2.45, 2.75) is 63.9 Å². The van der Waals surface area contributed by atoms with Gasteiger partial charge in [0.1, 0.15) is 4.90 Å². The lowest BCUT2D eigenvalue weighted by Gasteiger charge is -2.35. The Hall–Kier alpha value is -3.07. The van der Waals surface area contributed by atoms with Crippen molar-refractivity contribution in [2.75, 3.05) is 12.4 Å². The summed E-state index contributed by atoms with van der Waals surface area (Å²) in [5.74, 6) is 0.277. The summed E-state index contributed by atoms with van der Waals surface area (Å²) < 4.78 is 36.6. The number of amides is 2. The predicted molar refractivity (Wildman–Crippen MR) is 129 cm³/mol. The lowest BCUT2D eigenvalue weighted by atomic mass is 9.84. The van der Waals surface area contributed by atoms with Gasteiger partial charge in [-0.05, 0) is 68.1 Å². The maximum absolute atomic E-state index is 13.0. The fourth-order valence-corrected chi connectivity index (χ4v) is 4.65. The second-order valence-electron chi connectivity index (χ2n) is 8.58. The fraction of sp³-hybridized carbons (Fsp3) is 0.440. The third kappa shape index (κ3) is 6.08. The normalized spacial score (nSPS) is 14.6. The molecule has 1 aliphatic carbocycles. The summed E-state index contributed by atoms with van der Waals surface area (Å²) in [6.45, 7) is 5.79. The minimum Gasteiger partial charge on any atom is -0.493 e. The van der Waals surface area contributed by atoms with E-state index in [0.29, 0.717) is 12.2 Å². The van der Waals surface area contributed by atoms with Crippen LogP contribution in [0.2, 0.25) is 0 Å². The topological polar surface area (TPSA) is 102 Å². The van der Waals surface area contributed by atoms with Crippen LogP contribution in [0.25, 0.3) is 0 Å². The van der Waals surface area contributed by atoms with Crippen molar-refractivity contribution < 1.29 is 26.9 Å². The Labute approximate surface area is 201 Å². The number of nitrogens with zero attached hydrogens (tertiary/aromatic N) is 1. The van der Waals surface area contributed by atoms with Crippen LogP contribution in [0.15, 0.2) is 47.4 Å². The maximum Gasteiger partial charge on any atom is 0.339 e. The van der Waals surface area contributed by atoms with E-state index in [-0.39, 0.29) is 40.2 Å². The largest absolute Gasteiger partial charge is 0.493 e. The van der Waals surface area contributed by atoms with E-state index in [1.807, 2.05) is 24.8 Å². The molecule has 1 N–H and O–H groups in total. The van der Waals surface area contributed by atoms with Crippen LogP contribution in [-0.4, -0.2) is 38.3 Å². The number of carbonyl (C=O) groups excluding carboxylic acids is 2. The Morgan fingerprint density at radius 3 is 2.32 bits per heavy atom. The molecule has 2 aromatic rings. The standard InChI is InChI=1S/C25H32N2O6S/c1-5-17(2)27(25(29)20-7-6-8-20)16-19-9-14-23(32-4)24(15-19)33-34(30,31)22-12-10-21(11-13-22)26-18(3)28/h9-15,17,20H,5-8,16H2,1-4H3,(H,26,28)/t17-/m1/s1. The molecule has 0 aromatic heterocycles. The van der Waals surface area contributed by atoms with E-state index in [1.54, 1.807) is 12.1 Å². The summed E-state index contributed by atoms with van der Waals surface area (Å²) in [4.78, 5) is 26.0. The molecule has 1 aliphatic rings. The molecule has 2 amide bonds. The fourth-order valence-electron chi connectivity index (χ4n) is 3.72. The predicted octanol–water partition coefficient (Wildman–Crippen LogP) is 4.35. The second-order valence-corrected chi connectivity index (χ2v) is 10.1. The summed E-state index contributed by atoms with van der Waals surface area (Å²) in [5, 5.41) is 2.59. The van der Waals surface area contributed by atoms with Gasteiger partial charge in [0.05, 0.1) is 7.11 Å². The van der Waals surface area contributed by atoms with Crippen LogP contribution in [0, 0.1) is 5.92 Å². The van der Waals surface area contributed by atoms with Crippen molar-refractivity contribution in [3.63, 3.8) is 0 Å². The van der Waals surface area contributed by atoms with Crippen LogP contribution >= 0.6 is 0 Å². The van der Waals surface area contributed by atoms with Gasteiger partial charge in [0.2, 0.25) is 11.8 Å². The molecular formula is C25H32N2O6S. The zero-order valence-electron chi connectivity index (χ0n) is 20.0. The second kappa shape index (κ2) is 10.9. The Bertz CT molecular complexity index is 1130. The van der Waals surface area contributed by atoms with Gasteiger partial charge in [0.25, 0.3) is 0 Å². The summed E-state index contributed by atoms with van der Waals surface area (Å²) in [7, 11) is -2.72. The maximum atomic E-state index is 13.0. The lowest BCUT2D eigenvalue weighted by Crippen LogP contribution is -2.43. The molecule has 0 saturated heterocycles. The van der Waals surface area contributed by atoms with Crippen LogP contribution in [0.4, 0.5) is 5.69 Å². The van der Waals surface area contributed by atoms with E-state index in [0.717, 1.165) is 31.2 Å². The van der Waals surface area contributed by atoms with E-state index in [9.17, 15) is 18.0 Å². The zero-order valence-corrected chi connectivity index (χ0v) is 20.9. The average Bonchev–Trinajstić information content (AvgIpc) is 2.75. The highest BCUT2D eigenvalue weighted by molar-refractivity contribution is 7.87. The number of benzene rings is 2. The van der Waals surface area contributed by atoms with Crippen molar-refractivity contribution >= 4 is 27.6 Å². The number of methoxy groups -OCH3 is 1. The van der Waals surface area contributed by atoms with Crippen molar-refractivity contribution in [3.8, 4) is 11.5 Å². The van der Waals surface area contributed by atoms with E-state index in [2.05, 4.69) is 5.32 Å². The number of carbonyl (C=O) groups is 2.